The number of esters is 1. The zero-order valence-electron chi connectivity index (χ0n) is 21.8. The van der Waals surface area contributed by atoms with Gasteiger partial charge in [-0.15, -0.1) is 5.10 Å². The van der Waals surface area contributed by atoms with Crippen LogP contribution in [0.25, 0.3) is 16.8 Å². The van der Waals surface area contributed by atoms with E-state index < -0.39 is 30.0 Å². The quantitative estimate of drug-likeness (QED) is 0.182. The summed E-state index contributed by atoms with van der Waals surface area (Å²) in [4.78, 5) is 43.5. The Morgan fingerprint density at radius 3 is 2.49 bits per heavy atom. The van der Waals surface area contributed by atoms with E-state index in [-0.39, 0.29) is 6.42 Å². The molecule has 0 N–H and O–H groups in total. The maximum absolute atomic E-state index is 13.6. The lowest BCUT2D eigenvalue weighted by atomic mass is 10.0. The summed E-state index contributed by atoms with van der Waals surface area (Å²) in [7, 11) is 1.45. The van der Waals surface area contributed by atoms with Gasteiger partial charge in [-0.25, -0.2) is 4.79 Å². The Morgan fingerprint density at radius 1 is 1.00 bits per heavy atom. The van der Waals surface area contributed by atoms with E-state index in [1.807, 2.05) is 30.3 Å². The summed E-state index contributed by atoms with van der Waals surface area (Å²) >= 11 is 6.30. The number of rotatable bonds is 10. The number of Topliss-reactive ketones (excluding diaryl/α,β-unsaturated/α-hetero) is 1. The first-order valence-electron chi connectivity index (χ1n) is 12.4. The second-order valence-electron chi connectivity index (χ2n) is 8.89. The van der Waals surface area contributed by atoms with Gasteiger partial charge in [0.15, 0.2) is 12.4 Å². The highest BCUT2D eigenvalue weighted by atomic mass is 35.5. The van der Waals surface area contributed by atoms with Crippen molar-refractivity contribution in [2.45, 2.75) is 12.5 Å². The standard InChI is InChI=1S/C29H23ClN6O5/c1-40-27-16-35(28(38)15-23(27)22-14-21(30)7-8-24(22)36-18-32-33-34-36)25(13-19-5-3-2-4-6-19)29(39)41-17-26(37)20-9-11-31-12-10-20/h2-12,14-16,18,25H,13,17H2,1H3. The molecule has 0 aliphatic heterocycles. The molecule has 5 aromatic rings. The molecule has 1 atom stereocenters. The molecule has 0 fully saturated rings. The largest absolute Gasteiger partial charge is 0.495 e. The SMILES string of the molecule is COc1cn(C(Cc2ccccc2)C(=O)OCC(=O)c2ccncc2)c(=O)cc1-c1cc(Cl)ccc1-n1cnnn1. The Morgan fingerprint density at radius 2 is 1.78 bits per heavy atom. The number of aromatic nitrogens is 6. The number of halogens is 1. The normalized spacial score (nSPS) is 11.6. The van der Waals surface area contributed by atoms with Crippen LogP contribution in [0.15, 0.2) is 96.4 Å². The second-order valence-corrected chi connectivity index (χ2v) is 9.33. The van der Waals surface area contributed by atoms with Crippen LogP contribution in [0, 0.1) is 0 Å². The Labute approximate surface area is 238 Å². The van der Waals surface area contributed by atoms with E-state index in [0.29, 0.717) is 33.1 Å². The van der Waals surface area contributed by atoms with Crippen LogP contribution in [0.4, 0.5) is 0 Å². The number of methoxy groups -OCH3 is 1. The van der Waals surface area contributed by atoms with Gasteiger partial charge in [-0.1, -0.05) is 41.9 Å². The van der Waals surface area contributed by atoms with Gasteiger partial charge in [0, 0.05) is 46.6 Å². The van der Waals surface area contributed by atoms with Crippen molar-refractivity contribution in [1.29, 1.82) is 0 Å². The topological polar surface area (TPSA) is 131 Å². The van der Waals surface area contributed by atoms with E-state index in [2.05, 4.69) is 20.5 Å². The van der Waals surface area contributed by atoms with Gasteiger partial charge in [-0.3, -0.25) is 19.1 Å². The van der Waals surface area contributed by atoms with Crippen molar-refractivity contribution in [1.82, 2.24) is 29.8 Å². The van der Waals surface area contributed by atoms with Crippen LogP contribution in [-0.4, -0.2) is 55.2 Å². The van der Waals surface area contributed by atoms with Crippen LogP contribution < -0.4 is 10.3 Å². The first-order chi connectivity index (χ1) is 19.9. The highest BCUT2D eigenvalue weighted by molar-refractivity contribution is 6.31. The average Bonchev–Trinajstić information content (AvgIpc) is 3.54. The van der Waals surface area contributed by atoms with Crippen LogP contribution >= 0.6 is 11.6 Å². The zero-order chi connectivity index (χ0) is 28.8. The van der Waals surface area contributed by atoms with Crippen molar-refractivity contribution in [3.8, 4) is 22.6 Å². The van der Waals surface area contributed by atoms with E-state index in [1.165, 1.54) is 59.5 Å². The third-order valence-electron chi connectivity index (χ3n) is 6.34. The summed E-state index contributed by atoms with van der Waals surface area (Å²) in [5.41, 5.74) is 2.17. The highest BCUT2D eigenvalue weighted by Gasteiger charge is 2.27. The Kier molecular flexibility index (Phi) is 8.26. The molecule has 5 rings (SSSR count). The van der Waals surface area contributed by atoms with Gasteiger partial charge >= 0.3 is 5.97 Å². The van der Waals surface area contributed by atoms with Crippen molar-refractivity contribution < 1.29 is 19.1 Å². The smallest absolute Gasteiger partial charge is 0.330 e. The monoisotopic (exact) mass is 570 g/mol. The van der Waals surface area contributed by atoms with E-state index in [9.17, 15) is 14.4 Å². The molecular weight excluding hydrogens is 548 g/mol. The molecule has 206 valence electrons. The molecule has 0 spiro atoms. The van der Waals surface area contributed by atoms with Crippen LogP contribution in [0.2, 0.25) is 5.02 Å². The molecule has 0 saturated heterocycles. The summed E-state index contributed by atoms with van der Waals surface area (Å²) in [6.45, 7) is -0.490. The molecule has 0 saturated carbocycles. The molecule has 41 heavy (non-hydrogen) atoms. The van der Waals surface area contributed by atoms with Gasteiger partial charge in [0.1, 0.15) is 18.1 Å². The number of ether oxygens (including phenoxy) is 2. The minimum Gasteiger partial charge on any atom is -0.495 e. The van der Waals surface area contributed by atoms with Gasteiger partial charge in [0.25, 0.3) is 5.56 Å². The number of nitrogens with zero attached hydrogens (tertiary/aromatic N) is 6. The summed E-state index contributed by atoms with van der Waals surface area (Å²) in [6, 6.07) is 17.6. The average molecular weight is 571 g/mol. The first-order valence-corrected chi connectivity index (χ1v) is 12.8. The molecule has 11 nitrogen and oxygen atoms in total. The van der Waals surface area contributed by atoms with E-state index in [1.54, 1.807) is 18.2 Å². The fourth-order valence-electron chi connectivity index (χ4n) is 4.33. The Bertz CT molecular complexity index is 1730. The molecule has 3 aromatic heterocycles. The minimum absolute atomic E-state index is 0.137. The molecule has 0 bridgehead atoms. The van der Waals surface area contributed by atoms with Gasteiger partial charge in [-0.05, 0) is 46.3 Å². The van der Waals surface area contributed by atoms with E-state index >= 15 is 0 Å². The number of carbonyl (C=O) groups is 2. The summed E-state index contributed by atoms with van der Waals surface area (Å²) in [5, 5.41) is 11.7. The van der Waals surface area contributed by atoms with Gasteiger partial charge < -0.3 is 9.47 Å². The number of tetrazole rings is 1. The van der Waals surface area contributed by atoms with Crippen LogP contribution in [0.1, 0.15) is 22.0 Å². The second kappa shape index (κ2) is 12.3. The van der Waals surface area contributed by atoms with Crippen LogP contribution in [0.5, 0.6) is 5.75 Å². The highest BCUT2D eigenvalue weighted by Crippen LogP contribution is 2.35. The van der Waals surface area contributed by atoms with Gasteiger partial charge in [0.2, 0.25) is 0 Å². The lowest BCUT2D eigenvalue weighted by Gasteiger charge is -2.21. The fourth-order valence-corrected chi connectivity index (χ4v) is 4.50. The third kappa shape index (κ3) is 6.20. The first kappa shape index (κ1) is 27.4. The fraction of sp³-hybridized carbons (Fsp3) is 0.138. The predicted octanol–water partition coefficient (Wildman–Crippen LogP) is 3.76. The molecule has 0 amide bonds. The van der Waals surface area contributed by atoms with E-state index in [4.69, 9.17) is 21.1 Å². The number of ketones is 1. The maximum Gasteiger partial charge on any atom is 0.330 e. The van der Waals surface area contributed by atoms with Crippen LogP contribution in [-0.2, 0) is 16.0 Å². The summed E-state index contributed by atoms with van der Waals surface area (Å²) < 4.78 is 13.8. The summed E-state index contributed by atoms with van der Waals surface area (Å²) in [5.74, 6) is -0.846. The number of hydrogen-bond donors (Lipinski definition) is 0. The number of carbonyl (C=O) groups excluding carboxylic acids is 2. The van der Waals surface area contributed by atoms with Gasteiger partial charge in [0.05, 0.1) is 19.0 Å². The van der Waals surface area contributed by atoms with Crippen molar-refractivity contribution in [3.05, 3.63) is 118 Å². The van der Waals surface area contributed by atoms with E-state index in [0.717, 1.165) is 5.56 Å². The van der Waals surface area contributed by atoms with Crippen molar-refractivity contribution in [2.75, 3.05) is 13.7 Å². The van der Waals surface area contributed by atoms with Crippen LogP contribution in [0.3, 0.4) is 0 Å². The number of hydrogen-bond acceptors (Lipinski definition) is 9. The third-order valence-corrected chi connectivity index (χ3v) is 6.57. The van der Waals surface area contributed by atoms with Gasteiger partial charge in [-0.2, -0.15) is 4.68 Å². The van der Waals surface area contributed by atoms with Crippen molar-refractivity contribution >= 4 is 23.4 Å². The molecule has 0 aliphatic rings. The molecule has 0 radical (unpaired) electrons. The summed E-state index contributed by atoms with van der Waals surface area (Å²) in [6.07, 6.45) is 5.95. The zero-order valence-corrected chi connectivity index (χ0v) is 22.5. The molecule has 1 unspecified atom stereocenters. The lowest BCUT2D eigenvalue weighted by Crippen LogP contribution is -2.33. The lowest BCUT2D eigenvalue weighted by molar-refractivity contribution is -0.146. The number of pyridine rings is 2. The molecule has 2 aromatic carbocycles. The Balaban J connectivity index is 1.53. The minimum atomic E-state index is -1.09. The maximum atomic E-state index is 13.6. The predicted molar refractivity (Wildman–Crippen MR) is 149 cm³/mol. The number of benzene rings is 2. The molecular formula is C29H23ClN6O5. The molecule has 3 heterocycles. The molecule has 0 aliphatic carbocycles. The van der Waals surface area contributed by atoms with Crippen molar-refractivity contribution in [3.63, 3.8) is 0 Å². The van der Waals surface area contributed by atoms with Crippen molar-refractivity contribution in [2.24, 2.45) is 0 Å². The molecule has 12 heteroatoms. The Hall–Kier alpha value is -5.16.